The first-order chi connectivity index (χ1) is 17.4. The number of fused-ring (bicyclic) bond motifs is 1. The van der Waals surface area contributed by atoms with E-state index in [1.165, 1.54) is 4.90 Å². The molecule has 1 aliphatic heterocycles. The van der Waals surface area contributed by atoms with Crippen LogP contribution in [0.1, 0.15) is 18.4 Å². The fourth-order valence-corrected chi connectivity index (χ4v) is 4.46. The molecule has 0 radical (unpaired) electrons. The van der Waals surface area contributed by atoms with Gasteiger partial charge in [-0.25, -0.2) is 24.1 Å². The molecular weight excluding hydrogens is 463 g/mol. The van der Waals surface area contributed by atoms with Gasteiger partial charge >= 0.3 is 6.09 Å². The molecule has 0 spiro atoms. The van der Waals surface area contributed by atoms with Crippen molar-refractivity contribution in [3.8, 4) is 22.9 Å². The molecule has 1 amide bonds. The third-order valence-corrected chi connectivity index (χ3v) is 6.29. The van der Waals surface area contributed by atoms with Crippen LogP contribution in [0.25, 0.3) is 22.0 Å². The Balaban J connectivity index is 1.47. The van der Waals surface area contributed by atoms with Gasteiger partial charge in [-0.15, -0.1) is 0 Å². The van der Waals surface area contributed by atoms with E-state index in [1.54, 1.807) is 43.6 Å². The van der Waals surface area contributed by atoms with Gasteiger partial charge in [0.25, 0.3) is 0 Å². The van der Waals surface area contributed by atoms with Crippen molar-refractivity contribution in [2.24, 2.45) is 0 Å². The van der Waals surface area contributed by atoms with Crippen LogP contribution in [0.5, 0.6) is 11.6 Å². The summed E-state index contributed by atoms with van der Waals surface area (Å²) in [6.45, 7) is 2.50. The van der Waals surface area contributed by atoms with Crippen LogP contribution < -0.4 is 15.8 Å². The molecule has 10 heteroatoms. The second-order valence-corrected chi connectivity index (χ2v) is 8.66. The van der Waals surface area contributed by atoms with Crippen molar-refractivity contribution < 1.29 is 19.0 Å². The second-order valence-electron chi connectivity index (χ2n) is 8.66. The van der Waals surface area contributed by atoms with Gasteiger partial charge in [0.1, 0.15) is 5.75 Å². The Hall–Kier alpha value is -4.47. The lowest BCUT2D eigenvalue weighted by molar-refractivity contribution is 0.132. The summed E-state index contributed by atoms with van der Waals surface area (Å²) in [4.78, 5) is 26.1. The number of benzene rings is 2. The standard InChI is InChI=1S/C26H25FN6O3/c1-15-21(27)22(28)17-7-2-3-8-18(17)23(15)36-24-19(9-4-11-29-24)20-10-12-30-25(32-20)31-16-6-5-13-33(14-16)26(34)35/h2-4,7-12,16H,5-6,13-14,28H2,1H3,(H,34,35)(H,30,31,32). The maximum absolute atomic E-state index is 14.9. The monoisotopic (exact) mass is 488 g/mol. The Morgan fingerprint density at radius 1 is 1.17 bits per heavy atom. The van der Waals surface area contributed by atoms with Crippen molar-refractivity contribution in [1.29, 1.82) is 0 Å². The molecular formula is C26H25FN6O3. The molecule has 0 saturated carbocycles. The highest BCUT2D eigenvalue weighted by atomic mass is 19.1. The minimum absolute atomic E-state index is 0.0763. The lowest BCUT2D eigenvalue weighted by Crippen LogP contribution is -2.44. The van der Waals surface area contributed by atoms with Gasteiger partial charge in [-0.2, -0.15) is 0 Å². The summed E-state index contributed by atoms with van der Waals surface area (Å²) in [5, 5.41) is 13.8. The Bertz CT molecular complexity index is 1450. The molecule has 3 heterocycles. The first-order valence-electron chi connectivity index (χ1n) is 11.6. The number of rotatable bonds is 5. The zero-order valence-corrected chi connectivity index (χ0v) is 19.6. The zero-order chi connectivity index (χ0) is 25.2. The maximum Gasteiger partial charge on any atom is 0.407 e. The van der Waals surface area contributed by atoms with Gasteiger partial charge in [-0.3, -0.25) is 0 Å². The number of aromatic nitrogens is 3. The Labute approximate surface area is 206 Å². The van der Waals surface area contributed by atoms with Crippen molar-refractivity contribution in [2.45, 2.75) is 25.8 Å². The first kappa shape index (κ1) is 23.3. The number of pyridine rings is 1. The van der Waals surface area contributed by atoms with E-state index >= 15 is 0 Å². The number of carbonyl (C=O) groups is 1. The summed E-state index contributed by atoms with van der Waals surface area (Å²) >= 11 is 0. The average molecular weight is 489 g/mol. The maximum atomic E-state index is 14.9. The number of likely N-dealkylation sites (tertiary alicyclic amines) is 1. The smallest absolute Gasteiger partial charge is 0.407 e. The topological polar surface area (TPSA) is 126 Å². The van der Waals surface area contributed by atoms with Crippen LogP contribution in [-0.4, -0.2) is 50.2 Å². The van der Waals surface area contributed by atoms with E-state index < -0.39 is 11.9 Å². The fraction of sp³-hybridized carbons (Fsp3) is 0.231. The Morgan fingerprint density at radius 3 is 2.78 bits per heavy atom. The lowest BCUT2D eigenvalue weighted by Gasteiger charge is -2.31. The van der Waals surface area contributed by atoms with Crippen LogP contribution in [0.3, 0.4) is 0 Å². The van der Waals surface area contributed by atoms with Crippen LogP contribution in [0.15, 0.2) is 54.9 Å². The summed E-state index contributed by atoms with van der Waals surface area (Å²) in [5.74, 6) is 0.437. The van der Waals surface area contributed by atoms with Gasteiger partial charge in [0.2, 0.25) is 11.8 Å². The predicted octanol–water partition coefficient (Wildman–Crippen LogP) is 5.07. The summed E-state index contributed by atoms with van der Waals surface area (Å²) in [6, 6.07) is 12.4. The van der Waals surface area contributed by atoms with E-state index in [1.807, 2.05) is 18.2 Å². The number of hydrogen-bond acceptors (Lipinski definition) is 7. The Kier molecular flexibility index (Phi) is 6.24. The van der Waals surface area contributed by atoms with Gasteiger partial charge in [0, 0.05) is 47.9 Å². The largest absolute Gasteiger partial charge is 0.465 e. The number of nitrogens with two attached hydrogens (primary N) is 1. The normalized spacial score (nSPS) is 15.6. The molecule has 1 unspecified atom stereocenters. The molecule has 4 aromatic rings. The van der Waals surface area contributed by atoms with Gasteiger partial charge in [-0.05, 0) is 38.0 Å². The molecule has 184 valence electrons. The van der Waals surface area contributed by atoms with Gasteiger partial charge in [-0.1, -0.05) is 24.3 Å². The third kappa shape index (κ3) is 4.45. The van der Waals surface area contributed by atoms with Gasteiger partial charge in [0.15, 0.2) is 5.82 Å². The van der Waals surface area contributed by atoms with Crippen molar-refractivity contribution in [1.82, 2.24) is 19.9 Å². The number of hydrogen-bond donors (Lipinski definition) is 3. The summed E-state index contributed by atoms with van der Waals surface area (Å²) in [7, 11) is 0. The number of piperidine rings is 1. The Morgan fingerprint density at radius 2 is 1.97 bits per heavy atom. The number of amides is 1. The minimum atomic E-state index is -0.935. The summed E-state index contributed by atoms with van der Waals surface area (Å²) < 4.78 is 21.1. The summed E-state index contributed by atoms with van der Waals surface area (Å²) in [6.07, 6.45) is 3.84. The molecule has 0 bridgehead atoms. The van der Waals surface area contributed by atoms with Crippen LogP contribution in [-0.2, 0) is 0 Å². The number of ether oxygens (including phenoxy) is 1. The highest BCUT2D eigenvalue weighted by Gasteiger charge is 2.24. The SMILES string of the molecule is Cc1c(F)c(N)c2ccccc2c1Oc1ncccc1-c1ccnc(NC2CCCN(C(=O)O)C2)n1. The molecule has 1 saturated heterocycles. The van der Waals surface area contributed by atoms with E-state index in [0.29, 0.717) is 46.8 Å². The van der Waals surface area contributed by atoms with Crippen molar-refractivity contribution >= 4 is 28.5 Å². The van der Waals surface area contributed by atoms with Crippen LogP contribution in [0.4, 0.5) is 20.8 Å². The molecule has 2 aromatic heterocycles. The zero-order valence-electron chi connectivity index (χ0n) is 19.6. The van der Waals surface area contributed by atoms with E-state index in [4.69, 9.17) is 10.5 Å². The van der Waals surface area contributed by atoms with Crippen molar-refractivity contribution in [3.63, 3.8) is 0 Å². The average Bonchev–Trinajstić information content (AvgIpc) is 2.90. The van der Waals surface area contributed by atoms with Gasteiger partial charge < -0.3 is 25.8 Å². The molecule has 0 aliphatic carbocycles. The number of nitrogen functional groups attached to an aromatic ring is 1. The fourth-order valence-electron chi connectivity index (χ4n) is 4.46. The van der Waals surface area contributed by atoms with Crippen LogP contribution in [0, 0.1) is 12.7 Å². The van der Waals surface area contributed by atoms with E-state index in [9.17, 15) is 14.3 Å². The number of halogens is 1. The first-order valence-corrected chi connectivity index (χ1v) is 11.6. The van der Waals surface area contributed by atoms with Gasteiger partial charge in [0.05, 0.1) is 16.9 Å². The van der Waals surface area contributed by atoms with Crippen LogP contribution in [0.2, 0.25) is 0 Å². The summed E-state index contributed by atoms with van der Waals surface area (Å²) in [5.41, 5.74) is 7.53. The molecule has 1 atom stereocenters. The minimum Gasteiger partial charge on any atom is -0.465 e. The predicted molar refractivity (Wildman–Crippen MR) is 135 cm³/mol. The molecule has 9 nitrogen and oxygen atoms in total. The van der Waals surface area contributed by atoms with E-state index in [-0.39, 0.29) is 23.2 Å². The van der Waals surface area contributed by atoms with Crippen molar-refractivity contribution in [2.75, 3.05) is 24.1 Å². The second kappa shape index (κ2) is 9.65. The quantitative estimate of drug-likeness (QED) is 0.333. The van der Waals surface area contributed by atoms with E-state index in [0.717, 1.165) is 12.8 Å². The highest BCUT2D eigenvalue weighted by molar-refractivity contribution is 5.98. The molecule has 4 N–H and O–H groups in total. The highest BCUT2D eigenvalue weighted by Crippen LogP contribution is 2.40. The molecule has 5 rings (SSSR count). The molecule has 2 aromatic carbocycles. The molecule has 1 aliphatic rings. The third-order valence-electron chi connectivity index (χ3n) is 6.29. The molecule has 1 fully saturated rings. The van der Waals surface area contributed by atoms with Crippen molar-refractivity contribution in [3.05, 3.63) is 66.2 Å². The number of anilines is 2. The number of nitrogens with zero attached hydrogens (tertiary/aromatic N) is 4. The lowest BCUT2D eigenvalue weighted by atomic mass is 10.0. The van der Waals surface area contributed by atoms with E-state index in [2.05, 4.69) is 20.3 Å². The molecule has 36 heavy (non-hydrogen) atoms. The number of nitrogens with one attached hydrogen (secondary N) is 1. The van der Waals surface area contributed by atoms with Crippen LogP contribution >= 0.6 is 0 Å². The number of carboxylic acid groups (broad SMARTS) is 1.